The van der Waals surface area contributed by atoms with E-state index >= 15 is 0 Å². The Balaban J connectivity index is 1.88. The van der Waals surface area contributed by atoms with Crippen LogP contribution in [0.4, 0.5) is 5.69 Å². The third-order valence-corrected chi connectivity index (χ3v) is 3.77. The minimum Gasteiger partial charge on any atom is -0.493 e. The smallest absolute Gasteiger partial charge is 0.344 e. The van der Waals surface area contributed by atoms with Crippen LogP contribution in [-0.4, -0.2) is 18.1 Å². The van der Waals surface area contributed by atoms with Crippen LogP contribution in [-0.2, 0) is 4.84 Å². The molecule has 0 aliphatic rings. The molecular formula is C18H16N2O6. The van der Waals surface area contributed by atoms with E-state index in [2.05, 4.69) is 4.84 Å². The van der Waals surface area contributed by atoms with Crippen molar-refractivity contribution in [3.8, 4) is 16.9 Å². The first kappa shape index (κ1) is 17.6. The van der Waals surface area contributed by atoms with Gasteiger partial charge in [0.1, 0.15) is 11.3 Å². The van der Waals surface area contributed by atoms with E-state index in [1.165, 1.54) is 24.3 Å². The molecule has 8 heteroatoms. The third-order valence-electron chi connectivity index (χ3n) is 3.77. The minimum atomic E-state index is -0.528. The molecule has 2 aromatic carbocycles. The van der Waals surface area contributed by atoms with Gasteiger partial charge in [0.15, 0.2) is 0 Å². The maximum absolute atomic E-state index is 12.3. The van der Waals surface area contributed by atoms with Crippen molar-refractivity contribution in [2.75, 3.05) is 13.2 Å². The van der Waals surface area contributed by atoms with Crippen molar-refractivity contribution in [3.63, 3.8) is 0 Å². The quantitative estimate of drug-likeness (QED) is 0.299. The molecule has 0 bridgehead atoms. The maximum atomic E-state index is 12.3. The number of nitro benzene ring substituents is 1. The van der Waals surface area contributed by atoms with Crippen molar-refractivity contribution in [2.45, 2.75) is 6.42 Å². The second kappa shape index (κ2) is 7.77. The van der Waals surface area contributed by atoms with Gasteiger partial charge >= 0.3 is 5.63 Å². The second-order valence-corrected chi connectivity index (χ2v) is 5.52. The zero-order valence-electron chi connectivity index (χ0n) is 13.7. The Morgan fingerprint density at radius 2 is 1.85 bits per heavy atom. The number of fused-ring (bicyclic) bond motifs is 1. The summed E-state index contributed by atoms with van der Waals surface area (Å²) in [4.78, 5) is 27.0. The summed E-state index contributed by atoms with van der Waals surface area (Å²) < 4.78 is 10.9. The highest BCUT2D eigenvalue weighted by atomic mass is 16.6. The van der Waals surface area contributed by atoms with Crippen LogP contribution in [0, 0.1) is 10.1 Å². The van der Waals surface area contributed by atoms with E-state index in [4.69, 9.17) is 15.1 Å². The number of ether oxygens (including phenoxy) is 1. The molecule has 1 aromatic heterocycles. The fourth-order valence-electron chi connectivity index (χ4n) is 2.48. The molecule has 0 saturated heterocycles. The Labute approximate surface area is 147 Å². The molecule has 0 aliphatic heterocycles. The molecule has 0 radical (unpaired) electrons. The lowest BCUT2D eigenvalue weighted by Gasteiger charge is -2.07. The number of rotatable bonds is 7. The summed E-state index contributed by atoms with van der Waals surface area (Å²) in [5, 5.41) is 11.5. The van der Waals surface area contributed by atoms with E-state index in [9.17, 15) is 14.9 Å². The molecule has 26 heavy (non-hydrogen) atoms. The topological polar surface area (TPSA) is 118 Å². The fraction of sp³-hybridized carbons (Fsp3) is 0.167. The molecule has 3 rings (SSSR count). The largest absolute Gasteiger partial charge is 0.493 e. The summed E-state index contributed by atoms with van der Waals surface area (Å²) in [6.07, 6.45) is 0.636. The molecule has 0 saturated carbocycles. The predicted molar refractivity (Wildman–Crippen MR) is 94.8 cm³/mol. The van der Waals surface area contributed by atoms with Gasteiger partial charge in [-0.1, -0.05) is 0 Å². The summed E-state index contributed by atoms with van der Waals surface area (Å²) in [6.45, 7) is 0.815. The van der Waals surface area contributed by atoms with Crippen LogP contribution >= 0.6 is 0 Å². The van der Waals surface area contributed by atoms with E-state index in [-0.39, 0.29) is 5.69 Å². The van der Waals surface area contributed by atoms with E-state index in [1.54, 1.807) is 24.3 Å². The normalized spacial score (nSPS) is 10.8. The number of nitro groups is 1. The standard InChI is InChI=1S/C18H16N2O6/c19-25-9-1-8-24-15-7-4-13-10-16(18(21)26-17(13)11-15)12-2-5-14(6-3-12)20(22)23/h2-7,10-11H,1,8-9,19H2. The van der Waals surface area contributed by atoms with Gasteiger partial charge in [-0.3, -0.25) is 10.1 Å². The Morgan fingerprint density at radius 3 is 2.54 bits per heavy atom. The van der Waals surface area contributed by atoms with Crippen LogP contribution in [0.15, 0.2) is 57.7 Å². The van der Waals surface area contributed by atoms with Gasteiger partial charge in [-0.15, -0.1) is 0 Å². The number of non-ortho nitro benzene ring substituents is 1. The summed E-state index contributed by atoms with van der Waals surface area (Å²) >= 11 is 0. The van der Waals surface area contributed by atoms with Crippen molar-refractivity contribution in [1.29, 1.82) is 0 Å². The number of nitrogens with zero attached hydrogens (tertiary/aromatic N) is 1. The van der Waals surface area contributed by atoms with Crippen molar-refractivity contribution in [1.82, 2.24) is 0 Å². The molecule has 0 amide bonds. The lowest BCUT2D eigenvalue weighted by atomic mass is 10.1. The Kier molecular flexibility index (Phi) is 5.26. The molecule has 0 spiro atoms. The predicted octanol–water partition coefficient (Wildman–Crippen LogP) is 3.03. The summed E-state index contributed by atoms with van der Waals surface area (Å²) in [6, 6.07) is 12.6. The molecule has 2 N–H and O–H groups in total. The molecule has 0 atom stereocenters. The van der Waals surface area contributed by atoms with Crippen LogP contribution in [0.1, 0.15) is 6.42 Å². The molecule has 134 valence electrons. The van der Waals surface area contributed by atoms with Crippen molar-refractivity contribution < 1.29 is 18.9 Å². The van der Waals surface area contributed by atoms with E-state index in [0.717, 1.165) is 5.39 Å². The number of hydrogen-bond acceptors (Lipinski definition) is 7. The van der Waals surface area contributed by atoms with Gasteiger partial charge in [-0.2, -0.15) is 0 Å². The first-order valence-electron chi connectivity index (χ1n) is 7.86. The van der Waals surface area contributed by atoms with Crippen LogP contribution in [0.3, 0.4) is 0 Å². The molecule has 0 fully saturated rings. The first-order valence-corrected chi connectivity index (χ1v) is 7.86. The highest BCUT2D eigenvalue weighted by molar-refractivity contribution is 5.82. The van der Waals surface area contributed by atoms with Crippen molar-refractivity contribution >= 4 is 16.7 Å². The van der Waals surface area contributed by atoms with Crippen molar-refractivity contribution in [2.24, 2.45) is 5.90 Å². The van der Waals surface area contributed by atoms with Gasteiger partial charge in [0.2, 0.25) is 0 Å². The Bertz CT molecular complexity index is 981. The average Bonchev–Trinajstić information content (AvgIpc) is 2.64. The zero-order chi connectivity index (χ0) is 18.5. The van der Waals surface area contributed by atoms with E-state index in [1.807, 2.05) is 0 Å². The first-order chi connectivity index (χ1) is 12.6. The second-order valence-electron chi connectivity index (χ2n) is 5.52. The van der Waals surface area contributed by atoms with Crippen LogP contribution in [0.25, 0.3) is 22.1 Å². The summed E-state index contributed by atoms with van der Waals surface area (Å²) in [5.41, 5.74) is 0.712. The van der Waals surface area contributed by atoms with Gasteiger partial charge in [-0.25, -0.2) is 10.7 Å². The molecule has 8 nitrogen and oxygen atoms in total. The number of benzene rings is 2. The fourth-order valence-corrected chi connectivity index (χ4v) is 2.48. The maximum Gasteiger partial charge on any atom is 0.344 e. The van der Waals surface area contributed by atoms with E-state index < -0.39 is 10.5 Å². The van der Waals surface area contributed by atoms with Gasteiger partial charge in [0.25, 0.3) is 5.69 Å². The lowest BCUT2D eigenvalue weighted by Crippen LogP contribution is -2.06. The molecule has 0 aliphatic carbocycles. The average molecular weight is 356 g/mol. The molecule has 3 aromatic rings. The zero-order valence-corrected chi connectivity index (χ0v) is 13.7. The summed E-state index contributed by atoms with van der Waals surface area (Å²) in [5.74, 6) is 5.52. The van der Waals surface area contributed by atoms with Crippen LogP contribution < -0.4 is 16.3 Å². The number of nitrogens with two attached hydrogens (primary N) is 1. The monoisotopic (exact) mass is 356 g/mol. The van der Waals surface area contributed by atoms with Crippen LogP contribution in [0.5, 0.6) is 5.75 Å². The van der Waals surface area contributed by atoms with Gasteiger partial charge in [-0.05, 0) is 35.9 Å². The Hall–Kier alpha value is -3.23. The molecule has 0 unspecified atom stereocenters. The molecular weight excluding hydrogens is 340 g/mol. The van der Waals surface area contributed by atoms with E-state index in [0.29, 0.717) is 42.1 Å². The minimum absolute atomic E-state index is 0.0410. The van der Waals surface area contributed by atoms with Gasteiger partial charge < -0.3 is 14.0 Å². The highest BCUT2D eigenvalue weighted by Crippen LogP contribution is 2.25. The van der Waals surface area contributed by atoms with Crippen molar-refractivity contribution in [3.05, 3.63) is 69.1 Å². The number of hydrogen-bond donors (Lipinski definition) is 1. The molecule has 1 heterocycles. The Morgan fingerprint density at radius 1 is 1.08 bits per heavy atom. The van der Waals surface area contributed by atoms with Crippen LogP contribution in [0.2, 0.25) is 0 Å². The SMILES string of the molecule is NOCCCOc1ccc2cc(-c3ccc([N+](=O)[O-])cc3)c(=O)oc2c1. The lowest BCUT2D eigenvalue weighted by molar-refractivity contribution is -0.384. The highest BCUT2D eigenvalue weighted by Gasteiger charge is 2.11. The summed E-state index contributed by atoms with van der Waals surface area (Å²) in [7, 11) is 0. The van der Waals surface area contributed by atoms with Gasteiger partial charge in [0.05, 0.1) is 23.7 Å². The third kappa shape index (κ3) is 3.88. The van der Waals surface area contributed by atoms with Gasteiger partial charge in [0, 0.05) is 30.0 Å².